The number of benzene rings is 2. The number of rotatable bonds is 4. The summed E-state index contributed by atoms with van der Waals surface area (Å²) in [5, 5.41) is 11.3. The minimum Gasteiger partial charge on any atom is -0.364 e. The highest BCUT2D eigenvalue weighted by Crippen LogP contribution is 2.23. The molecule has 0 saturated heterocycles. The van der Waals surface area contributed by atoms with Crippen LogP contribution in [0.4, 0.5) is 0 Å². The molecule has 3 rings (SSSR count). The van der Waals surface area contributed by atoms with Crippen LogP contribution < -0.4 is 5.32 Å². The van der Waals surface area contributed by atoms with Crippen LogP contribution in [0.1, 0.15) is 17.2 Å². The van der Waals surface area contributed by atoms with E-state index in [1.807, 2.05) is 60.7 Å². The third kappa shape index (κ3) is 3.23. The molecule has 1 unspecified atom stereocenters. The summed E-state index contributed by atoms with van der Waals surface area (Å²) in [6, 6.07) is 18.9. The summed E-state index contributed by atoms with van der Waals surface area (Å²) in [4.78, 5) is 12.1. The van der Waals surface area contributed by atoms with Gasteiger partial charge in [-0.1, -0.05) is 60.7 Å². The fourth-order valence-corrected chi connectivity index (χ4v) is 2.16. The molecule has 0 bridgehead atoms. The highest BCUT2D eigenvalue weighted by molar-refractivity contribution is 5.96. The summed E-state index contributed by atoms with van der Waals surface area (Å²) in [6.07, 6.45) is 1.52. The van der Waals surface area contributed by atoms with Crippen LogP contribution in [-0.2, 0) is 11.3 Å². The lowest BCUT2D eigenvalue weighted by Gasteiger charge is -2.14. The van der Waals surface area contributed by atoms with Crippen molar-refractivity contribution in [3.05, 3.63) is 83.7 Å². The minimum absolute atomic E-state index is 0.0493. The van der Waals surface area contributed by atoms with Gasteiger partial charge in [0.1, 0.15) is 0 Å². The summed E-state index contributed by atoms with van der Waals surface area (Å²) >= 11 is 0. The zero-order valence-electron chi connectivity index (χ0n) is 11.4. The molecule has 1 N–H and O–H groups in total. The molecule has 21 heavy (non-hydrogen) atoms. The fourth-order valence-electron chi connectivity index (χ4n) is 2.16. The third-order valence-corrected chi connectivity index (χ3v) is 3.26. The molecular formula is C17H15N3O. The summed E-state index contributed by atoms with van der Waals surface area (Å²) in [7, 11) is 0. The summed E-state index contributed by atoms with van der Waals surface area (Å²) < 4.78 is 0. The van der Waals surface area contributed by atoms with Gasteiger partial charge in [0.05, 0.1) is 0 Å². The van der Waals surface area contributed by atoms with Gasteiger partial charge < -0.3 is 5.32 Å². The van der Waals surface area contributed by atoms with Gasteiger partial charge >= 0.3 is 0 Å². The molecule has 0 aliphatic carbocycles. The van der Waals surface area contributed by atoms with E-state index in [0.29, 0.717) is 12.4 Å². The summed E-state index contributed by atoms with van der Waals surface area (Å²) in [6.45, 7) is 0.620. The lowest BCUT2D eigenvalue weighted by molar-refractivity contribution is -0.116. The average Bonchev–Trinajstić information content (AvgIpc) is 2.55. The zero-order valence-corrected chi connectivity index (χ0v) is 11.4. The molecule has 1 heterocycles. The van der Waals surface area contributed by atoms with Gasteiger partial charge in [-0.05, 0) is 11.1 Å². The molecule has 2 aromatic carbocycles. The van der Waals surface area contributed by atoms with Crippen molar-refractivity contribution in [1.82, 2.24) is 5.32 Å². The van der Waals surface area contributed by atoms with Crippen molar-refractivity contribution in [3.8, 4) is 0 Å². The van der Waals surface area contributed by atoms with E-state index in [1.54, 1.807) is 0 Å². The normalized spacial score (nSPS) is 17.4. The largest absolute Gasteiger partial charge is 0.364 e. The Labute approximate surface area is 123 Å². The van der Waals surface area contributed by atoms with Gasteiger partial charge in [-0.25, -0.2) is 0 Å². The predicted octanol–water partition coefficient (Wildman–Crippen LogP) is 3.39. The molecule has 0 fully saturated rings. The molecule has 0 aromatic heterocycles. The maximum absolute atomic E-state index is 12.1. The molecule has 4 nitrogen and oxygen atoms in total. The van der Waals surface area contributed by atoms with E-state index in [9.17, 15) is 4.79 Å². The second kappa shape index (κ2) is 6.13. The van der Waals surface area contributed by atoms with Crippen molar-refractivity contribution in [2.45, 2.75) is 12.6 Å². The number of nitrogens with one attached hydrogen (secondary N) is 1. The van der Waals surface area contributed by atoms with Gasteiger partial charge in [0.2, 0.25) is 0 Å². The average molecular weight is 277 g/mol. The Morgan fingerprint density at radius 2 is 1.62 bits per heavy atom. The number of carbonyl (C=O) groups excluding carboxylic acids is 1. The van der Waals surface area contributed by atoms with E-state index >= 15 is 0 Å². The van der Waals surface area contributed by atoms with Crippen LogP contribution in [0.15, 0.2) is 82.8 Å². The first-order valence-electron chi connectivity index (χ1n) is 6.82. The van der Waals surface area contributed by atoms with Crippen LogP contribution in [0, 0.1) is 0 Å². The molecular weight excluding hydrogens is 262 g/mol. The Balaban J connectivity index is 1.66. The van der Waals surface area contributed by atoms with Crippen LogP contribution in [0.25, 0.3) is 0 Å². The van der Waals surface area contributed by atoms with Gasteiger partial charge in [-0.3, -0.25) is 4.79 Å². The highest BCUT2D eigenvalue weighted by atomic mass is 16.1. The quantitative estimate of drug-likeness (QED) is 0.931. The molecule has 0 saturated carbocycles. The first-order chi connectivity index (χ1) is 10.3. The van der Waals surface area contributed by atoms with Crippen molar-refractivity contribution in [2.24, 2.45) is 10.2 Å². The fraction of sp³-hybridized carbons (Fsp3) is 0.118. The van der Waals surface area contributed by atoms with Gasteiger partial charge in [-0.15, -0.1) is 5.11 Å². The van der Waals surface area contributed by atoms with Crippen LogP contribution >= 0.6 is 0 Å². The Hall–Kier alpha value is -2.75. The van der Waals surface area contributed by atoms with E-state index in [1.165, 1.54) is 6.08 Å². The molecule has 0 spiro atoms. The second-order valence-electron chi connectivity index (χ2n) is 4.80. The van der Waals surface area contributed by atoms with E-state index in [-0.39, 0.29) is 5.78 Å². The van der Waals surface area contributed by atoms with Gasteiger partial charge in [0.25, 0.3) is 0 Å². The van der Waals surface area contributed by atoms with Crippen molar-refractivity contribution < 1.29 is 4.79 Å². The lowest BCUT2D eigenvalue weighted by atomic mass is 10.0. The first kappa shape index (κ1) is 13.2. The van der Waals surface area contributed by atoms with Crippen molar-refractivity contribution in [2.75, 3.05) is 0 Å². The molecule has 4 heteroatoms. The molecule has 104 valence electrons. The number of hydrogen-bond acceptors (Lipinski definition) is 4. The highest BCUT2D eigenvalue weighted by Gasteiger charge is 2.22. The number of carbonyl (C=O) groups is 1. The molecule has 0 amide bonds. The molecule has 2 aromatic rings. The topological polar surface area (TPSA) is 53.8 Å². The number of azo groups is 1. The van der Waals surface area contributed by atoms with E-state index in [2.05, 4.69) is 15.5 Å². The lowest BCUT2D eigenvalue weighted by Crippen LogP contribution is -2.18. The minimum atomic E-state index is -0.520. The van der Waals surface area contributed by atoms with E-state index in [0.717, 1.165) is 11.1 Å². The summed E-state index contributed by atoms with van der Waals surface area (Å²) in [5.41, 5.74) is 2.00. The maximum Gasteiger partial charge on any atom is 0.190 e. The first-order valence-corrected chi connectivity index (χ1v) is 6.82. The van der Waals surface area contributed by atoms with Crippen LogP contribution in [-0.4, -0.2) is 5.78 Å². The van der Waals surface area contributed by atoms with Gasteiger partial charge in [-0.2, -0.15) is 5.11 Å². The van der Waals surface area contributed by atoms with Crippen molar-refractivity contribution >= 4 is 5.78 Å². The zero-order chi connectivity index (χ0) is 14.5. The molecule has 1 aliphatic heterocycles. The number of nitrogens with zero attached hydrogens (tertiary/aromatic N) is 2. The van der Waals surface area contributed by atoms with Crippen LogP contribution in [0.5, 0.6) is 0 Å². The second-order valence-corrected chi connectivity index (χ2v) is 4.80. The number of ketones is 1. The third-order valence-electron chi connectivity index (χ3n) is 3.26. The molecule has 1 aliphatic rings. The predicted molar refractivity (Wildman–Crippen MR) is 80.4 cm³/mol. The van der Waals surface area contributed by atoms with E-state index in [4.69, 9.17) is 0 Å². The van der Waals surface area contributed by atoms with Gasteiger partial charge in [0, 0.05) is 12.6 Å². The van der Waals surface area contributed by atoms with Crippen LogP contribution in [0.3, 0.4) is 0 Å². The standard InChI is InChI=1S/C17H15N3O/c21-15-11-16(18-12-13-7-3-1-4-8-13)19-20-17(15)14-9-5-2-6-10-14/h1-11,17-18H,12H2. The van der Waals surface area contributed by atoms with Crippen molar-refractivity contribution in [1.29, 1.82) is 0 Å². The maximum atomic E-state index is 12.1. The monoisotopic (exact) mass is 277 g/mol. The Morgan fingerprint density at radius 1 is 0.952 bits per heavy atom. The molecule has 0 radical (unpaired) electrons. The van der Waals surface area contributed by atoms with Gasteiger partial charge in [0.15, 0.2) is 17.6 Å². The van der Waals surface area contributed by atoms with Crippen LogP contribution in [0.2, 0.25) is 0 Å². The number of hydrogen-bond donors (Lipinski definition) is 1. The molecule has 1 atom stereocenters. The Kier molecular flexibility index (Phi) is 3.87. The van der Waals surface area contributed by atoms with E-state index < -0.39 is 6.04 Å². The Morgan fingerprint density at radius 3 is 2.29 bits per heavy atom. The van der Waals surface area contributed by atoms with Crippen molar-refractivity contribution in [3.63, 3.8) is 0 Å². The SMILES string of the molecule is O=C1C=C(NCc2ccccc2)N=NC1c1ccccc1. The smallest absolute Gasteiger partial charge is 0.190 e. The Bertz CT molecular complexity index is 678. The summed E-state index contributed by atoms with van der Waals surface area (Å²) in [5.74, 6) is 0.461.